The maximum absolute atomic E-state index is 11.6. The van der Waals surface area contributed by atoms with Gasteiger partial charge in [0.05, 0.1) is 18.4 Å². The van der Waals surface area contributed by atoms with E-state index in [1.807, 2.05) is 6.92 Å². The number of carbonyl (C=O) groups is 2. The van der Waals surface area contributed by atoms with Crippen LogP contribution in [0.15, 0.2) is 12.5 Å². The first-order valence-corrected chi connectivity index (χ1v) is 6.02. The monoisotopic (exact) mass is 253 g/mol. The molecule has 0 bridgehead atoms. The zero-order chi connectivity index (χ0) is 13.5. The van der Waals surface area contributed by atoms with Gasteiger partial charge in [-0.3, -0.25) is 9.59 Å². The zero-order valence-corrected chi connectivity index (χ0v) is 10.6. The molecule has 100 valence electrons. The van der Waals surface area contributed by atoms with Crippen molar-refractivity contribution in [1.82, 2.24) is 15.3 Å². The van der Waals surface area contributed by atoms with Crippen molar-refractivity contribution in [3.8, 4) is 0 Å². The first-order chi connectivity index (χ1) is 8.50. The summed E-state index contributed by atoms with van der Waals surface area (Å²) in [5.74, 6) is -1.30. The van der Waals surface area contributed by atoms with Gasteiger partial charge in [0.2, 0.25) is 0 Å². The first-order valence-electron chi connectivity index (χ1n) is 6.02. The number of carbonyl (C=O) groups excluding carboxylic acids is 1. The molecule has 1 rings (SSSR count). The molecule has 0 saturated heterocycles. The van der Waals surface area contributed by atoms with Crippen molar-refractivity contribution in [2.24, 2.45) is 5.92 Å². The topological polar surface area (TPSA) is 95.1 Å². The van der Waals surface area contributed by atoms with Gasteiger partial charge in [-0.2, -0.15) is 0 Å². The molecule has 0 aromatic carbocycles. The van der Waals surface area contributed by atoms with Gasteiger partial charge in [0, 0.05) is 6.04 Å². The lowest BCUT2D eigenvalue weighted by Gasteiger charge is -2.13. The Balaban J connectivity index is 2.24. The molecule has 0 spiro atoms. The van der Waals surface area contributed by atoms with Crippen LogP contribution in [0.25, 0.3) is 0 Å². The Bertz CT molecular complexity index is 389. The summed E-state index contributed by atoms with van der Waals surface area (Å²) in [4.78, 5) is 28.8. The molecule has 0 fully saturated rings. The van der Waals surface area contributed by atoms with Crippen molar-refractivity contribution < 1.29 is 14.7 Å². The number of carboxylic acid groups (broad SMARTS) is 1. The number of nitrogens with one attached hydrogen (secondary N) is 2. The van der Waals surface area contributed by atoms with Gasteiger partial charge in [-0.25, -0.2) is 4.98 Å². The minimum Gasteiger partial charge on any atom is -0.481 e. The van der Waals surface area contributed by atoms with Crippen LogP contribution in [-0.4, -0.2) is 33.0 Å². The average Bonchev–Trinajstić information content (AvgIpc) is 2.81. The predicted octanol–water partition coefficient (Wildman–Crippen LogP) is 1.42. The Morgan fingerprint density at radius 2 is 2.17 bits per heavy atom. The minimum absolute atomic E-state index is 0.0156. The van der Waals surface area contributed by atoms with E-state index < -0.39 is 5.97 Å². The van der Waals surface area contributed by atoms with E-state index in [4.69, 9.17) is 5.11 Å². The summed E-state index contributed by atoms with van der Waals surface area (Å²) in [6.45, 7) is 3.59. The molecular formula is C12H19N3O3. The molecule has 0 aliphatic rings. The molecule has 2 atom stereocenters. The molecule has 0 saturated carbocycles. The molecule has 1 aromatic heterocycles. The van der Waals surface area contributed by atoms with Gasteiger partial charge in [0.1, 0.15) is 5.69 Å². The number of carboxylic acids is 1. The Morgan fingerprint density at radius 1 is 1.44 bits per heavy atom. The average molecular weight is 253 g/mol. The van der Waals surface area contributed by atoms with Gasteiger partial charge in [0.15, 0.2) is 0 Å². The fourth-order valence-electron chi connectivity index (χ4n) is 1.61. The normalized spacial score (nSPS) is 13.9. The maximum Gasteiger partial charge on any atom is 0.306 e. The van der Waals surface area contributed by atoms with E-state index in [-0.39, 0.29) is 17.9 Å². The Morgan fingerprint density at radius 3 is 2.72 bits per heavy atom. The smallest absolute Gasteiger partial charge is 0.306 e. The predicted molar refractivity (Wildman–Crippen MR) is 66.2 cm³/mol. The highest BCUT2D eigenvalue weighted by molar-refractivity contribution is 5.92. The summed E-state index contributed by atoms with van der Waals surface area (Å²) in [7, 11) is 0. The molecule has 1 amide bonds. The van der Waals surface area contributed by atoms with Crippen LogP contribution in [0.4, 0.5) is 0 Å². The van der Waals surface area contributed by atoms with Gasteiger partial charge >= 0.3 is 5.97 Å². The number of hydrogen-bond acceptors (Lipinski definition) is 3. The number of hydrogen-bond donors (Lipinski definition) is 3. The van der Waals surface area contributed by atoms with Gasteiger partial charge in [-0.1, -0.05) is 13.3 Å². The molecule has 0 radical (unpaired) electrons. The summed E-state index contributed by atoms with van der Waals surface area (Å²) in [5, 5.41) is 11.6. The maximum atomic E-state index is 11.6. The molecule has 1 aromatic rings. The third-order valence-corrected chi connectivity index (χ3v) is 2.82. The number of aromatic amines is 1. The molecular weight excluding hydrogens is 234 g/mol. The molecule has 6 nitrogen and oxygen atoms in total. The highest BCUT2D eigenvalue weighted by atomic mass is 16.4. The summed E-state index contributed by atoms with van der Waals surface area (Å²) >= 11 is 0. The molecule has 3 N–H and O–H groups in total. The van der Waals surface area contributed by atoms with Crippen LogP contribution in [-0.2, 0) is 4.79 Å². The van der Waals surface area contributed by atoms with Crippen molar-refractivity contribution in [2.45, 2.75) is 39.2 Å². The van der Waals surface area contributed by atoms with Gasteiger partial charge in [0.25, 0.3) is 5.91 Å². The van der Waals surface area contributed by atoms with E-state index in [0.717, 1.165) is 12.8 Å². The fraction of sp³-hybridized carbons (Fsp3) is 0.583. The molecule has 0 aliphatic heterocycles. The highest BCUT2D eigenvalue weighted by Gasteiger charge is 2.13. The van der Waals surface area contributed by atoms with Crippen molar-refractivity contribution in [2.75, 3.05) is 0 Å². The Labute approximate surface area is 106 Å². The third kappa shape index (κ3) is 4.57. The lowest BCUT2D eigenvalue weighted by molar-refractivity contribution is -0.141. The van der Waals surface area contributed by atoms with Crippen LogP contribution in [0.1, 0.15) is 43.6 Å². The van der Waals surface area contributed by atoms with Crippen molar-refractivity contribution in [3.05, 3.63) is 18.2 Å². The van der Waals surface area contributed by atoms with Crippen LogP contribution >= 0.6 is 0 Å². The number of amides is 1. The van der Waals surface area contributed by atoms with Crippen molar-refractivity contribution in [3.63, 3.8) is 0 Å². The molecule has 2 unspecified atom stereocenters. The van der Waals surface area contributed by atoms with Crippen LogP contribution < -0.4 is 5.32 Å². The second kappa shape index (κ2) is 6.78. The zero-order valence-electron chi connectivity index (χ0n) is 10.6. The quantitative estimate of drug-likeness (QED) is 0.684. The van der Waals surface area contributed by atoms with Crippen LogP contribution in [0.5, 0.6) is 0 Å². The fourth-order valence-corrected chi connectivity index (χ4v) is 1.61. The lowest BCUT2D eigenvalue weighted by atomic mass is 10.0. The molecule has 1 heterocycles. The number of aromatic nitrogens is 2. The van der Waals surface area contributed by atoms with Crippen LogP contribution in [0.3, 0.4) is 0 Å². The summed E-state index contributed by atoms with van der Waals surface area (Å²) in [6, 6.07) is 0.0156. The van der Waals surface area contributed by atoms with E-state index in [1.165, 1.54) is 12.5 Å². The second-order valence-corrected chi connectivity index (χ2v) is 4.51. The first kappa shape index (κ1) is 14.2. The number of rotatable bonds is 7. The Hall–Kier alpha value is -1.85. The number of aliphatic carboxylic acids is 1. The second-order valence-electron chi connectivity index (χ2n) is 4.51. The molecule has 6 heteroatoms. The SMILES string of the molecule is CC(CCCC(C)C(=O)O)NC(=O)c1cnc[nH]1. The van der Waals surface area contributed by atoms with Gasteiger partial charge < -0.3 is 15.4 Å². The van der Waals surface area contributed by atoms with E-state index in [0.29, 0.717) is 12.1 Å². The number of imidazole rings is 1. The third-order valence-electron chi connectivity index (χ3n) is 2.82. The van der Waals surface area contributed by atoms with E-state index in [2.05, 4.69) is 15.3 Å². The lowest BCUT2D eigenvalue weighted by Crippen LogP contribution is -2.32. The standard InChI is InChI=1S/C12H19N3O3/c1-8(12(17)18)4-3-5-9(2)15-11(16)10-6-13-7-14-10/h6-9H,3-5H2,1-2H3,(H,13,14)(H,15,16)(H,17,18). The van der Waals surface area contributed by atoms with E-state index >= 15 is 0 Å². The van der Waals surface area contributed by atoms with Gasteiger partial charge in [-0.05, 0) is 19.8 Å². The summed E-state index contributed by atoms with van der Waals surface area (Å²) < 4.78 is 0. The summed E-state index contributed by atoms with van der Waals surface area (Å²) in [5.41, 5.74) is 0.431. The minimum atomic E-state index is -0.774. The summed E-state index contributed by atoms with van der Waals surface area (Å²) in [6.07, 6.45) is 5.08. The van der Waals surface area contributed by atoms with Gasteiger partial charge in [-0.15, -0.1) is 0 Å². The van der Waals surface area contributed by atoms with E-state index in [9.17, 15) is 9.59 Å². The number of H-pyrrole nitrogens is 1. The molecule has 18 heavy (non-hydrogen) atoms. The van der Waals surface area contributed by atoms with Crippen LogP contribution in [0.2, 0.25) is 0 Å². The Kier molecular flexibility index (Phi) is 5.35. The van der Waals surface area contributed by atoms with E-state index in [1.54, 1.807) is 6.92 Å². The largest absolute Gasteiger partial charge is 0.481 e. The highest BCUT2D eigenvalue weighted by Crippen LogP contribution is 2.09. The van der Waals surface area contributed by atoms with Crippen LogP contribution in [0, 0.1) is 5.92 Å². The van der Waals surface area contributed by atoms with Crippen molar-refractivity contribution in [1.29, 1.82) is 0 Å². The number of nitrogens with zero attached hydrogens (tertiary/aromatic N) is 1. The molecule has 0 aliphatic carbocycles. The van der Waals surface area contributed by atoms with Crippen molar-refractivity contribution >= 4 is 11.9 Å².